The van der Waals surface area contributed by atoms with Crippen LogP contribution in [0, 0.1) is 11.3 Å². The van der Waals surface area contributed by atoms with E-state index in [4.69, 9.17) is 0 Å². The number of alkyl halides is 2. The maximum absolute atomic E-state index is 13.4. The summed E-state index contributed by atoms with van der Waals surface area (Å²) in [5, 5.41) is 9.23. The number of benzene rings is 1. The molecule has 1 saturated carbocycles. The summed E-state index contributed by atoms with van der Waals surface area (Å²) in [4.78, 5) is 25.1. The molecule has 1 heterocycles. The van der Waals surface area contributed by atoms with Crippen molar-refractivity contribution in [2.24, 2.45) is 11.3 Å². The number of aromatic carboxylic acids is 1. The SMILES string of the molecule is CC1(C(=O)N2CCC(Cc3ccccc3C(=O)O)CC2)CC1(F)F. The van der Waals surface area contributed by atoms with Gasteiger partial charge in [0.05, 0.1) is 5.56 Å². The number of hydrogen-bond acceptors (Lipinski definition) is 2. The van der Waals surface area contributed by atoms with E-state index in [1.165, 1.54) is 6.92 Å². The lowest BCUT2D eigenvalue weighted by Gasteiger charge is -2.34. The first-order chi connectivity index (χ1) is 11.2. The molecule has 1 aromatic carbocycles. The largest absolute Gasteiger partial charge is 0.478 e. The first-order valence-electron chi connectivity index (χ1n) is 8.23. The van der Waals surface area contributed by atoms with Gasteiger partial charge in [0.15, 0.2) is 0 Å². The van der Waals surface area contributed by atoms with Crippen LogP contribution in [0.15, 0.2) is 24.3 Å². The van der Waals surface area contributed by atoms with E-state index in [0.717, 1.165) is 5.56 Å². The standard InChI is InChI=1S/C18H21F2NO3/c1-17(11-18(17,19)20)16(24)21-8-6-12(7-9-21)10-13-4-2-3-5-14(13)15(22)23/h2-5,12H,6-11H2,1H3,(H,22,23). The molecule has 1 amide bonds. The molecule has 1 aliphatic heterocycles. The zero-order chi connectivity index (χ0) is 17.5. The third-order valence-electron chi connectivity index (χ3n) is 5.39. The van der Waals surface area contributed by atoms with Gasteiger partial charge >= 0.3 is 5.97 Å². The highest BCUT2D eigenvalue weighted by Crippen LogP contribution is 2.61. The van der Waals surface area contributed by atoms with Gasteiger partial charge in [0.2, 0.25) is 5.91 Å². The molecule has 0 aromatic heterocycles. The van der Waals surface area contributed by atoms with E-state index in [2.05, 4.69) is 0 Å². The minimum absolute atomic E-state index is 0.266. The lowest BCUT2D eigenvalue weighted by molar-refractivity contribution is -0.141. The van der Waals surface area contributed by atoms with Gasteiger partial charge in [0.1, 0.15) is 5.41 Å². The number of likely N-dealkylation sites (tertiary alicyclic amines) is 1. The van der Waals surface area contributed by atoms with Crippen LogP contribution in [0.3, 0.4) is 0 Å². The molecule has 0 spiro atoms. The fourth-order valence-electron chi connectivity index (χ4n) is 3.54. The van der Waals surface area contributed by atoms with Gasteiger partial charge in [0.25, 0.3) is 5.92 Å². The Bertz CT molecular complexity index is 668. The third-order valence-corrected chi connectivity index (χ3v) is 5.39. The van der Waals surface area contributed by atoms with E-state index in [-0.39, 0.29) is 12.3 Å². The van der Waals surface area contributed by atoms with E-state index in [1.54, 1.807) is 17.0 Å². The number of rotatable bonds is 4. The molecule has 2 fully saturated rings. The average molecular weight is 337 g/mol. The van der Waals surface area contributed by atoms with Crippen molar-refractivity contribution in [1.29, 1.82) is 0 Å². The van der Waals surface area contributed by atoms with Crippen LogP contribution in [-0.2, 0) is 11.2 Å². The number of carboxylic acids is 1. The maximum atomic E-state index is 13.4. The van der Waals surface area contributed by atoms with Crippen LogP contribution < -0.4 is 0 Å². The normalized spacial score (nSPS) is 26.2. The van der Waals surface area contributed by atoms with Crippen LogP contribution in [0.5, 0.6) is 0 Å². The molecule has 6 heteroatoms. The van der Waals surface area contributed by atoms with Crippen molar-refractivity contribution in [2.75, 3.05) is 13.1 Å². The Morgan fingerprint density at radius 3 is 2.38 bits per heavy atom. The Balaban J connectivity index is 1.59. The van der Waals surface area contributed by atoms with Crippen LogP contribution in [0.1, 0.15) is 42.1 Å². The molecule has 1 atom stereocenters. The van der Waals surface area contributed by atoms with Crippen molar-refractivity contribution in [3.05, 3.63) is 35.4 Å². The lowest BCUT2D eigenvalue weighted by atomic mass is 9.88. The Morgan fingerprint density at radius 2 is 1.83 bits per heavy atom. The van der Waals surface area contributed by atoms with Gasteiger partial charge in [-0.2, -0.15) is 0 Å². The third kappa shape index (κ3) is 2.89. The summed E-state index contributed by atoms with van der Waals surface area (Å²) in [7, 11) is 0. The first-order valence-corrected chi connectivity index (χ1v) is 8.23. The van der Waals surface area contributed by atoms with Crippen molar-refractivity contribution in [1.82, 2.24) is 4.90 Å². The molecule has 4 nitrogen and oxygen atoms in total. The minimum Gasteiger partial charge on any atom is -0.478 e. The Kier molecular flexibility index (Phi) is 4.10. The van der Waals surface area contributed by atoms with Gasteiger partial charge in [-0.15, -0.1) is 0 Å². The molecule has 130 valence electrons. The quantitative estimate of drug-likeness (QED) is 0.918. The topological polar surface area (TPSA) is 57.6 Å². The zero-order valence-corrected chi connectivity index (χ0v) is 13.6. The number of hydrogen-bond donors (Lipinski definition) is 1. The van der Waals surface area contributed by atoms with Crippen molar-refractivity contribution in [2.45, 2.75) is 38.5 Å². The molecule has 1 aromatic rings. The minimum atomic E-state index is -2.87. The van der Waals surface area contributed by atoms with Crippen LogP contribution in [0.2, 0.25) is 0 Å². The summed E-state index contributed by atoms with van der Waals surface area (Å²) >= 11 is 0. The second kappa shape index (κ2) is 5.83. The summed E-state index contributed by atoms with van der Waals surface area (Å²) in [6, 6.07) is 6.92. The fourth-order valence-corrected chi connectivity index (χ4v) is 3.54. The zero-order valence-electron chi connectivity index (χ0n) is 13.6. The molecule has 1 saturated heterocycles. The van der Waals surface area contributed by atoms with Crippen LogP contribution in [0.4, 0.5) is 8.78 Å². The van der Waals surface area contributed by atoms with Gasteiger partial charge in [-0.1, -0.05) is 18.2 Å². The summed E-state index contributed by atoms with van der Waals surface area (Å²) in [5.41, 5.74) is -0.424. The van der Waals surface area contributed by atoms with E-state index in [0.29, 0.717) is 37.9 Å². The summed E-state index contributed by atoms with van der Waals surface area (Å²) in [6.45, 7) is 2.26. The van der Waals surface area contributed by atoms with Crippen molar-refractivity contribution >= 4 is 11.9 Å². The van der Waals surface area contributed by atoms with Gasteiger partial charge < -0.3 is 10.0 Å². The summed E-state index contributed by atoms with van der Waals surface area (Å²) < 4.78 is 26.7. The molecule has 2 aliphatic rings. The number of carbonyl (C=O) groups is 2. The summed E-state index contributed by atoms with van der Waals surface area (Å²) in [6.07, 6.45) is 1.70. The predicted molar refractivity (Wildman–Crippen MR) is 84.1 cm³/mol. The molecular weight excluding hydrogens is 316 g/mol. The smallest absolute Gasteiger partial charge is 0.335 e. The number of nitrogens with zero attached hydrogens (tertiary/aromatic N) is 1. The van der Waals surface area contributed by atoms with E-state index < -0.39 is 23.2 Å². The molecule has 0 bridgehead atoms. The fraction of sp³-hybridized carbons (Fsp3) is 0.556. The highest BCUT2D eigenvalue weighted by atomic mass is 19.3. The molecule has 24 heavy (non-hydrogen) atoms. The molecule has 1 unspecified atom stereocenters. The van der Waals surface area contributed by atoms with Gasteiger partial charge in [0, 0.05) is 19.5 Å². The predicted octanol–water partition coefficient (Wildman–Crippen LogP) is 3.21. The number of carboxylic acid groups (broad SMARTS) is 1. The van der Waals surface area contributed by atoms with Gasteiger partial charge in [-0.05, 0) is 43.7 Å². The van der Waals surface area contributed by atoms with Crippen molar-refractivity contribution in [3.63, 3.8) is 0 Å². The Labute approximate surface area is 139 Å². The Hall–Kier alpha value is -1.98. The molecule has 1 aliphatic carbocycles. The van der Waals surface area contributed by atoms with E-state index in [9.17, 15) is 23.5 Å². The Morgan fingerprint density at radius 1 is 1.25 bits per heavy atom. The monoisotopic (exact) mass is 337 g/mol. The second-order valence-electron chi connectivity index (χ2n) is 7.12. The van der Waals surface area contributed by atoms with Gasteiger partial charge in [-0.3, -0.25) is 4.79 Å². The van der Waals surface area contributed by atoms with Crippen molar-refractivity contribution in [3.8, 4) is 0 Å². The molecular formula is C18H21F2NO3. The highest BCUT2D eigenvalue weighted by molar-refractivity contribution is 5.89. The van der Waals surface area contributed by atoms with Gasteiger partial charge in [-0.25, -0.2) is 13.6 Å². The average Bonchev–Trinajstić information content (AvgIpc) is 3.07. The van der Waals surface area contributed by atoms with Crippen molar-refractivity contribution < 1.29 is 23.5 Å². The molecule has 0 radical (unpaired) electrons. The highest BCUT2D eigenvalue weighted by Gasteiger charge is 2.73. The second-order valence-corrected chi connectivity index (χ2v) is 7.12. The maximum Gasteiger partial charge on any atom is 0.335 e. The first kappa shape index (κ1) is 16.9. The summed E-state index contributed by atoms with van der Waals surface area (Å²) in [5.74, 6) is -4.00. The lowest BCUT2D eigenvalue weighted by Crippen LogP contribution is -2.43. The number of carbonyl (C=O) groups excluding carboxylic acids is 1. The molecule has 1 N–H and O–H groups in total. The molecule has 3 rings (SSSR count). The number of amides is 1. The van der Waals surface area contributed by atoms with Crippen LogP contribution >= 0.6 is 0 Å². The number of halogens is 2. The van der Waals surface area contributed by atoms with Crippen LogP contribution in [0.25, 0.3) is 0 Å². The van der Waals surface area contributed by atoms with E-state index >= 15 is 0 Å². The van der Waals surface area contributed by atoms with E-state index in [1.807, 2.05) is 12.1 Å². The number of piperidine rings is 1. The van der Waals surface area contributed by atoms with Crippen LogP contribution in [-0.4, -0.2) is 40.9 Å².